The van der Waals surface area contributed by atoms with Crippen LogP contribution in [0.3, 0.4) is 0 Å². The van der Waals surface area contributed by atoms with Crippen molar-refractivity contribution in [2.24, 2.45) is 7.05 Å². The van der Waals surface area contributed by atoms with Gasteiger partial charge in [-0.1, -0.05) is 34.1 Å². The van der Waals surface area contributed by atoms with E-state index in [1.165, 1.54) is 0 Å². The number of anilines is 1. The first kappa shape index (κ1) is 30.2. The third-order valence-corrected chi connectivity index (χ3v) is 9.32. The molecule has 2 aliphatic heterocycles. The minimum atomic E-state index is -2.87. The number of amides is 2. The minimum Gasteiger partial charge on any atom is -0.457 e. The van der Waals surface area contributed by atoms with Gasteiger partial charge in [0.2, 0.25) is 11.8 Å². The molecule has 8 nitrogen and oxygen atoms in total. The van der Waals surface area contributed by atoms with Crippen molar-refractivity contribution in [1.82, 2.24) is 20.0 Å². The molecule has 3 aromatic carbocycles. The fourth-order valence-electron chi connectivity index (χ4n) is 6.03. The SMILES string of the molecule is Cc1c(Br)cccc1Oc1ccc(CC(F)(F)CN2CCN(c3ccc4c(C5CCC(=O)NC5=O)nn(C)c4c3)CC2)cc1. The van der Waals surface area contributed by atoms with Gasteiger partial charge in [-0.05, 0) is 61.4 Å². The lowest BCUT2D eigenvalue weighted by molar-refractivity contribution is -0.134. The summed E-state index contributed by atoms with van der Waals surface area (Å²) in [5, 5.41) is 7.91. The van der Waals surface area contributed by atoms with E-state index in [2.05, 4.69) is 31.2 Å². The van der Waals surface area contributed by atoms with Gasteiger partial charge in [-0.3, -0.25) is 24.5 Å². The molecule has 2 aliphatic rings. The molecule has 11 heteroatoms. The first-order chi connectivity index (χ1) is 21.1. The van der Waals surface area contributed by atoms with Crippen molar-refractivity contribution in [1.29, 1.82) is 0 Å². The summed E-state index contributed by atoms with van der Waals surface area (Å²) in [6.45, 7) is 3.96. The number of benzene rings is 3. The Kier molecular flexibility index (Phi) is 8.43. The molecule has 0 radical (unpaired) electrons. The lowest BCUT2D eigenvalue weighted by Crippen LogP contribution is -2.50. The van der Waals surface area contributed by atoms with Crippen LogP contribution in [0.15, 0.2) is 65.1 Å². The van der Waals surface area contributed by atoms with Crippen LogP contribution in [0.25, 0.3) is 10.9 Å². The Morgan fingerprint density at radius 3 is 2.52 bits per heavy atom. The number of rotatable bonds is 8. The number of hydrogen-bond acceptors (Lipinski definition) is 6. The number of alkyl halides is 2. The summed E-state index contributed by atoms with van der Waals surface area (Å²) in [5.74, 6) is -2.57. The van der Waals surface area contributed by atoms with Crippen molar-refractivity contribution in [3.05, 3.63) is 82.0 Å². The molecular formula is C33H34BrF2N5O3. The fourth-order valence-corrected chi connectivity index (χ4v) is 6.38. The molecule has 230 valence electrons. The molecular weight excluding hydrogens is 632 g/mol. The van der Waals surface area contributed by atoms with Crippen LogP contribution >= 0.6 is 15.9 Å². The summed E-state index contributed by atoms with van der Waals surface area (Å²) in [6, 6.07) is 18.6. The molecule has 2 fully saturated rings. The molecule has 0 bridgehead atoms. The highest BCUT2D eigenvalue weighted by atomic mass is 79.9. The van der Waals surface area contributed by atoms with E-state index in [0.717, 1.165) is 26.6 Å². The van der Waals surface area contributed by atoms with Crippen LogP contribution in [0, 0.1) is 6.92 Å². The van der Waals surface area contributed by atoms with Crippen molar-refractivity contribution in [3.8, 4) is 11.5 Å². The zero-order valence-corrected chi connectivity index (χ0v) is 26.2. The maximum absolute atomic E-state index is 15.1. The average Bonchev–Trinajstić information content (AvgIpc) is 3.31. The van der Waals surface area contributed by atoms with Gasteiger partial charge in [-0.25, -0.2) is 8.78 Å². The summed E-state index contributed by atoms with van der Waals surface area (Å²) in [6.07, 6.45) is 0.400. The summed E-state index contributed by atoms with van der Waals surface area (Å²) >= 11 is 3.50. The molecule has 0 spiro atoms. The first-order valence-corrected chi connectivity index (χ1v) is 15.5. The van der Waals surface area contributed by atoms with Crippen molar-refractivity contribution < 1.29 is 23.1 Å². The molecule has 6 rings (SSSR count). The number of ether oxygens (including phenoxy) is 1. The van der Waals surface area contributed by atoms with E-state index in [1.54, 1.807) is 28.9 Å². The second-order valence-electron chi connectivity index (χ2n) is 11.6. The van der Waals surface area contributed by atoms with Crippen molar-refractivity contribution in [2.75, 3.05) is 37.6 Å². The normalized spacial score (nSPS) is 18.1. The monoisotopic (exact) mass is 665 g/mol. The van der Waals surface area contributed by atoms with Crippen molar-refractivity contribution >= 4 is 44.3 Å². The molecule has 1 N–H and O–H groups in total. The number of piperidine rings is 1. The number of imide groups is 1. The predicted octanol–water partition coefficient (Wildman–Crippen LogP) is 5.96. The number of carbonyl (C=O) groups excluding carboxylic acids is 2. The van der Waals surface area contributed by atoms with Gasteiger partial charge in [0.1, 0.15) is 11.5 Å². The Labute approximate surface area is 263 Å². The van der Waals surface area contributed by atoms with Crippen LogP contribution in [0.2, 0.25) is 0 Å². The van der Waals surface area contributed by atoms with E-state index >= 15 is 8.78 Å². The number of piperazine rings is 1. The second-order valence-corrected chi connectivity index (χ2v) is 12.5. The van der Waals surface area contributed by atoms with Gasteiger partial charge < -0.3 is 9.64 Å². The average molecular weight is 667 g/mol. The van der Waals surface area contributed by atoms with Crippen LogP contribution in [-0.4, -0.2) is 65.1 Å². The van der Waals surface area contributed by atoms with Crippen molar-refractivity contribution in [2.45, 2.75) is 38.0 Å². The smallest absolute Gasteiger partial charge is 0.264 e. The molecule has 1 aromatic heterocycles. The highest BCUT2D eigenvalue weighted by molar-refractivity contribution is 9.10. The predicted molar refractivity (Wildman–Crippen MR) is 169 cm³/mol. The zero-order chi connectivity index (χ0) is 31.0. The number of hydrogen-bond donors (Lipinski definition) is 1. The highest BCUT2D eigenvalue weighted by Crippen LogP contribution is 2.33. The number of halogens is 3. The van der Waals surface area contributed by atoms with E-state index in [-0.39, 0.29) is 24.8 Å². The van der Waals surface area contributed by atoms with Crippen molar-refractivity contribution in [3.63, 3.8) is 0 Å². The maximum atomic E-state index is 15.1. The van der Waals surface area contributed by atoms with E-state index in [0.29, 0.717) is 61.8 Å². The Bertz CT molecular complexity index is 1700. The van der Waals surface area contributed by atoms with E-state index < -0.39 is 11.8 Å². The molecule has 1 atom stereocenters. The molecule has 0 saturated carbocycles. The summed E-state index contributed by atoms with van der Waals surface area (Å²) in [4.78, 5) is 28.1. The van der Waals surface area contributed by atoms with Crippen LogP contribution in [-0.2, 0) is 23.1 Å². The Morgan fingerprint density at radius 1 is 1.05 bits per heavy atom. The topological polar surface area (TPSA) is 79.7 Å². The molecule has 2 amide bonds. The highest BCUT2D eigenvalue weighted by Gasteiger charge is 2.34. The Hall–Kier alpha value is -3.83. The zero-order valence-electron chi connectivity index (χ0n) is 24.7. The number of nitrogens with one attached hydrogen (secondary N) is 1. The summed E-state index contributed by atoms with van der Waals surface area (Å²) in [5.41, 5.74) is 4.09. The van der Waals surface area contributed by atoms with Gasteiger partial charge in [-0.15, -0.1) is 0 Å². The first-order valence-electron chi connectivity index (χ1n) is 14.7. The molecule has 3 heterocycles. The van der Waals surface area contributed by atoms with Crippen LogP contribution in [0.4, 0.5) is 14.5 Å². The summed E-state index contributed by atoms with van der Waals surface area (Å²) < 4.78 is 38.9. The Balaban J connectivity index is 1.04. The van der Waals surface area contributed by atoms with Gasteiger partial charge >= 0.3 is 0 Å². The quantitative estimate of drug-likeness (QED) is 0.234. The van der Waals surface area contributed by atoms with E-state index in [1.807, 2.05) is 55.3 Å². The third kappa shape index (κ3) is 6.49. The number of carbonyl (C=O) groups is 2. The number of fused-ring (bicyclic) bond motifs is 1. The van der Waals surface area contributed by atoms with Gasteiger partial charge in [0, 0.05) is 67.2 Å². The maximum Gasteiger partial charge on any atom is 0.264 e. The number of aryl methyl sites for hydroxylation is 1. The number of aromatic nitrogens is 2. The van der Waals surface area contributed by atoms with E-state index in [9.17, 15) is 9.59 Å². The summed E-state index contributed by atoms with van der Waals surface area (Å²) in [7, 11) is 1.84. The molecule has 1 unspecified atom stereocenters. The molecule has 0 aliphatic carbocycles. The lowest BCUT2D eigenvalue weighted by atomic mass is 9.93. The number of nitrogens with zero attached hydrogens (tertiary/aromatic N) is 4. The molecule has 4 aromatic rings. The fraction of sp³-hybridized carbons (Fsp3) is 0.364. The molecule has 2 saturated heterocycles. The van der Waals surface area contributed by atoms with Gasteiger partial charge in [0.05, 0.1) is 23.7 Å². The Morgan fingerprint density at radius 2 is 1.80 bits per heavy atom. The van der Waals surface area contributed by atoms with Gasteiger partial charge in [-0.2, -0.15) is 5.10 Å². The van der Waals surface area contributed by atoms with Crippen LogP contribution in [0.1, 0.15) is 35.6 Å². The van der Waals surface area contributed by atoms with Crippen LogP contribution < -0.4 is 15.0 Å². The van der Waals surface area contributed by atoms with Gasteiger partial charge in [0.25, 0.3) is 5.92 Å². The van der Waals surface area contributed by atoms with Crippen LogP contribution in [0.5, 0.6) is 11.5 Å². The van der Waals surface area contributed by atoms with Gasteiger partial charge in [0.15, 0.2) is 0 Å². The van der Waals surface area contributed by atoms with E-state index in [4.69, 9.17) is 4.74 Å². The molecule has 44 heavy (non-hydrogen) atoms. The lowest BCUT2D eigenvalue weighted by Gasteiger charge is -2.37. The third-order valence-electron chi connectivity index (χ3n) is 8.46. The largest absolute Gasteiger partial charge is 0.457 e. The minimum absolute atomic E-state index is 0.252. The second kappa shape index (κ2) is 12.3. The standard InChI is InChI=1S/C33H34BrF2N5O3/c1-21-27(34)4-3-5-29(21)44-24-9-6-22(7-10-24)19-33(35,36)20-40-14-16-41(17-15-40)23-8-11-25-28(18-23)39(2)38-31(25)26-12-13-30(42)37-32(26)43/h3-11,18,26H,12-17,19-20H2,1-2H3,(H,37,42,43).